The maximum absolute atomic E-state index is 11.0. The van der Waals surface area contributed by atoms with Gasteiger partial charge in [0.25, 0.3) is 5.91 Å². The third-order valence-corrected chi connectivity index (χ3v) is 4.36. The number of carbonyl (C=O) groups excluding carboxylic acids is 1. The Bertz CT molecular complexity index is 331. The zero-order chi connectivity index (χ0) is 9.35. The first-order valence-corrected chi connectivity index (χ1v) is 6.28. The molecular formula is C6H9NO3S2. The van der Waals surface area contributed by atoms with Gasteiger partial charge in [-0.05, 0) is 6.92 Å². The summed E-state index contributed by atoms with van der Waals surface area (Å²) in [6.45, 7) is 1.54. The summed E-state index contributed by atoms with van der Waals surface area (Å²) >= 11 is 1.21. The van der Waals surface area contributed by atoms with E-state index in [0.717, 1.165) is 6.26 Å². The second-order valence-electron chi connectivity index (χ2n) is 2.60. The molecule has 4 nitrogen and oxygen atoms in total. The van der Waals surface area contributed by atoms with Crippen molar-refractivity contribution in [1.29, 1.82) is 0 Å². The average molecular weight is 207 g/mol. The van der Waals surface area contributed by atoms with Crippen molar-refractivity contribution in [3.63, 3.8) is 0 Å². The summed E-state index contributed by atoms with van der Waals surface area (Å²) in [5.41, 5.74) is 0. The van der Waals surface area contributed by atoms with E-state index in [9.17, 15) is 13.2 Å². The molecule has 0 aliphatic carbocycles. The van der Waals surface area contributed by atoms with E-state index in [0.29, 0.717) is 5.04 Å². The van der Waals surface area contributed by atoms with Crippen molar-refractivity contribution in [2.45, 2.75) is 12.2 Å². The molecule has 0 N–H and O–H groups in total. The third kappa shape index (κ3) is 2.07. The maximum atomic E-state index is 11.0. The van der Waals surface area contributed by atoms with Crippen LogP contribution in [0.1, 0.15) is 6.92 Å². The second kappa shape index (κ2) is 3.18. The molecule has 1 unspecified atom stereocenters. The molecule has 1 aliphatic rings. The normalized spacial score (nSPS) is 20.8. The molecule has 1 aliphatic heterocycles. The van der Waals surface area contributed by atoms with Crippen LogP contribution in [0.25, 0.3) is 0 Å². The number of thioether (sulfide) groups is 1. The second-order valence-corrected chi connectivity index (χ2v) is 5.97. The van der Waals surface area contributed by atoms with Crippen molar-refractivity contribution in [3.8, 4) is 0 Å². The molecular weight excluding hydrogens is 198 g/mol. The molecule has 1 amide bonds. The molecule has 0 bridgehead atoms. The Kier molecular flexibility index (Phi) is 2.58. The van der Waals surface area contributed by atoms with Gasteiger partial charge in [0.2, 0.25) is 0 Å². The molecule has 1 heterocycles. The van der Waals surface area contributed by atoms with E-state index in [2.05, 4.69) is 4.99 Å². The highest BCUT2D eigenvalue weighted by molar-refractivity contribution is 8.16. The number of hydrogen-bond donors (Lipinski definition) is 0. The Hall–Kier alpha value is -0.360. The van der Waals surface area contributed by atoms with Gasteiger partial charge >= 0.3 is 0 Å². The lowest BCUT2D eigenvalue weighted by atomic mass is 10.5. The van der Waals surface area contributed by atoms with Crippen LogP contribution in [0, 0.1) is 0 Å². The van der Waals surface area contributed by atoms with Crippen LogP contribution in [0.2, 0.25) is 0 Å². The summed E-state index contributed by atoms with van der Waals surface area (Å²) in [5, 5.41) is -0.226. The lowest BCUT2D eigenvalue weighted by Crippen LogP contribution is -2.22. The van der Waals surface area contributed by atoms with Crippen LogP contribution in [0.3, 0.4) is 0 Å². The first kappa shape index (κ1) is 9.73. The summed E-state index contributed by atoms with van der Waals surface area (Å²) in [6, 6.07) is 0. The monoisotopic (exact) mass is 207 g/mol. The maximum Gasteiger partial charge on any atom is 0.256 e. The fraction of sp³-hybridized carbons (Fsp3) is 0.667. The summed E-state index contributed by atoms with van der Waals surface area (Å²) in [7, 11) is -3.11. The number of hydrogen-bond acceptors (Lipinski definition) is 4. The number of amides is 1. The Morgan fingerprint density at radius 1 is 1.58 bits per heavy atom. The van der Waals surface area contributed by atoms with E-state index >= 15 is 0 Å². The molecule has 6 heteroatoms. The van der Waals surface area contributed by atoms with Crippen molar-refractivity contribution in [3.05, 3.63) is 0 Å². The predicted molar refractivity (Wildman–Crippen MR) is 49.2 cm³/mol. The van der Waals surface area contributed by atoms with Crippen LogP contribution in [0.5, 0.6) is 0 Å². The van der Waals surface area contributed by atoms with Crippen molar-refractivity contribution in [2.75, 3.05) is 12.0 Å². The van der Waals surface area contributed by atoms with Gasteiger partial charge in [-0.2, -0.15) is 0 Å². The Balaban J connectivity index is 2.86. The number of nitrogens with zero attached hydrogens (tertiary/aromatic N) is 1. The third-order valence-electron chi connectivity index (χ3n) is 1.57. The van der Waals surface area contributed by atoms with E-state index in [1.165, 1.54) is 11.8 Å². The molecule has 0 spiro atoms. The lowest BCUT2D eigenvalue weighted by molar-refractivity contribution is -0.115. The highest BCUT2D eigenvalue weighted by atomic mass is 32.2. The van der Waals surface area contributed by atoms with E-state index in [1.54, 1.807) is 6.92 Å². The SMILES string of the molecule is CC(C1=NC(=O)CS1)S(C)(=O)=O. The highest BCUT2D eigenvalue weighted by Gasteiger charge is 2.26. The number of rotatable bonds is 2. The minimum absolute atomic E-state index is 0.245. The summed E-state index contributed by atoms with van der Waals surface area (Å²) in [4.78, 5) is 14.3. The molecule has 0 saturated carbocycles. The quantitative estimate of drug-likeness (QED) is 0.644. The molecule has 0 fully saturated rings. The van der Waals surface area contributed by atoms with E-state index in [1.807, 2.05) is 0 Å². The molecule has 68 valence electrons. The Morgan fingerprint density at radius 3 is 2.50 bits per heavy atom. The topological polar surface area (TPSA) is 63.6 Å². The molecule has 0 aromatic heterocycles. The lowest BCUT2D eigenvalue weighted by Gasteiger charge is -2.06. The van der Waals surface area contributed by atoms with Gasteiger partial charge in [-0.25, -0.2) is 13.4 Å². The fourth-order valence-corrected chi connectivity index (χ4v) is 2.60. The first-order valence-electron chi connectivity index (χ1n) is 3.34. The van der Waals surface area contributed by atoms with Crippen molar-refractivity contribution >= 4 is 32.6 Å². The summed E-state index contributed by atoms with van der Waals surface area (Å²) < 4.78 is 22.0. The zero-order valence-electron chi connectivity index (χ0n) is 6.77. The fourth-order valence-electron chi connectivity index (χ4n) is 0.715. The van der Waals surface area contributed by atoms with Gasteiger partial charge in [-0.3, -0.25) is 4.79 Å². The molecule has 0 aromatic rings. The molecule has 0 saturated heterocycles. The largest absolute Gasteiger partial charge is 0.272 e. The van der Waals surface area contributed by atoms with Crippen LogP contribution >= 0.6 is 11.8 Å². The van der Waals surface area contributed by atoms with Gasteiger partial charge in [-0.1, -0.05) is 11.8 Å². The molecule has 0 radical (unpaired) electrons. The number of sulfone groups is 1. The summed E-state index contributed by atoms with van der Waals surface area (Å²) in [5.74, 6) is 0.0281. The van der Waals surface area contributed by atoms with Crippen molar-refractivity contribution < 1.29 is 13.2 Å². The average Bonchev–Trinajstić information content (AvgIpc) is 2.32. The van der Waals surface area contributed by atoms with Crippen molar-refractivity contribution in [2.24, 2.45) is 4.99 Å². The number of carbonyl (C=O) groups is 1. The first-order chi connectivity index (χ1) is 5.41. The van der Waals surface area contributed by atoms with Crippen LogP contribution in [-0.2, 0) is 14.6 Å². The molecule has 1 rings (SSSR count). The molecule has 1 atom stereocenters. The van der Waals surface area contributed by atoms with Gasteiger partial charge in [0.05, 0.1) is 10.8 Å². The minimum atomic E-state index is -3.11. The summed E-state index contributed by atoms with van der Waals surface area (Å²) in [6.07, 6.45) is 1.14. The van der Waals surface area contributed by atoms with Gasteiger partial charge in [0, 0.05) is 6.26 Å². The van der Waals surface area contributed by atoms with Gasteiger partial charge in [-0.15, -0.1) is 0 Å². The van der Waals surface area contributed by atoms with E-state index < -0.39 is 15.1 Å². The highest BCUT2D eigenvalue weighted by Crippen LogP contribution is 2.19. The zero-order valence-corrected chi connectivity index (χ0v) is 8.41. The van der Waals surface area contributed by atoms with Crippen molar-refractivity contribution in [1.82, 2.24) is 0 Å². The van der Waals surface area contributed by atoms with Crippen LogP contribution < -0.4 is 0 Å². The Morgan fingerprint density at radius 2 is 2.17 bits per heavy atom. The van der Waals surface area contributed by atoms with Crippen LogP contribution in [0.15, 0.2) is 4.99 Å². The van der Waals surface area contributed by atoms with Gasteiger partial charge < -0.3 is 0 Å². The smallest absolute Gasteiger partial charge is 0.256 e. The van der Waals surface area contributed by atoms with Crippen LogP contribution in [0.4, 0.5) is 0 Å². The number of aliphatic imine (C=N–C) groups is 1. The minimum Gasteiger partial charge on any atom is -0.272 e. The Labute approximate surface area is 75.4 Å². The molecule has 0 aromatic carbocycles. The molecule has 12 heavy (non-hydrogen) atoms. The van der Waals surface area contributed by atoms with E-state index in [4.69, 9.17) is 0 Å². The standard InChI is InChI=1S/C6H9NO3S2/c1-4(12(2,9)10)6-7-5(8)3-11-6/h4H,3H2,1-2H3. The van der Waals surface area contributed by atoms with Gasteiger partial charge in [0.1, 0.15) is 5.25 Å². The predicted octanol–water partition coefficient (Wildman–Crippen LogP) is 0.0914. The van der Waals surface area contributed by atoms with E-state index in [-0.39, 0.29) is 11.7 Å². The van der Waals surface area contributed by atoms with Crippen LogP contribution in [-0.4, -0.2) is 36.6 Å². The van der Waals surface area contributed by atoms with Gasteiger partial charge in [0.15, 0.2) is 9.84 Å².